The van der Waals surface area contributed by atoms with Crippen molar-refractivity contribution in [2.24, 2.45) is 5.92 Å². The van der Waals surface area contributed by atoms with Crippen molar-refractivity contribution in [2.45, 2.75) is 26.7 Å². The summed E-state index contributed by atoms with van der Waals surface area (Å²) in [5.74, 6) is 3.04. The van der Waals surface area contributed by atoms with Crippen LogP contribution in [0.4, 0.5) is 5.82 Å². The van der Waals surface area contributed by atoms with Crippen LogP contribution in [0.1, 0.15) is 24.4 Å². The Morgan fingerprint density at radius 1 is 1.18 bits per heavy atom. The number of aryl methyl sites for hydroxylation is 2. The number of hydrogen-bond donors (Lipinski definition) is 0. The zero-order valence-electron chi connectivity index (χ0n) is 13.1. The van der Waals surface area contributed by atoms with E-state index in [1.807, 2.05) is 13.8 Å². The van der Waals surface area contributed by atoms with E-state index in [1.165, 1.54) is 0 Å². The summed E-state index contributed by atoms with van der Waals surface area (Å²) in [6, 6.07) is 2.06. The summed E-state index contributed by atoms with van der Waals surface area (Å²) >= 11 is 0. The fourth-order valence-corrected chi connectivity index (χ4v) is 2.75. The molecule has 0 bridgehead atoms. The molecule has 0 N–H and O–H groups in total. The third-order valence-corrected chi connectivity index (χ3v) is 3.90. The van der Waals surface area contributed by atoms with Gasteiger partial charge >= 0.3 is 0 Å². The second kappa shape index (κ2) is 6.68. The van der Waals surface area contributed by atoms with Crippen LogP contribution in [-0.2, 0) is 0 Å². The van der Waals surface area contributed by atoms with E-state index in [0.717, 1.165) is 43.3 Å². The average Bonchev–Trinajstić information content (AvgIpc) is 2.53. The monoisotopic (exact) mass is 299 g/mol. The average molecular weight is 299 g/mol. The minimum Gasteiger partial charge on any atom is -0.476 e. The number of ether oxygens (including phenoxy) is 1. The van der Waals surface area contributed by atoms with Crippen LogP contribution in [-0.4, -0.2) is 39.6 Å². The molecule has 2 aromatic heterocycles. The van der Waals surface area contributed by atoms with E-state index >= 15 is 0 Å². The third-order valence-electron chi connectivity index (χ3n) is 3.90. The number of piperidine rings is 1. The summed E-state index contributed by atoms with van der Waals surface area (Å²) in [6.45, 7) is 6.67. The highest BCUT2D eigenvalue weighted by molar-refractivity contribution is 5.40. The molecule has 0 unspecified atom stereocenters. The van der Waals surface area contributed by atoms with E-state index in [4.69, 9.17) is 4.74 Å². The van der Waals surface area contributed by atoms with E-state index in [-0.39, 0.29) is 0 Å². The lowest BCUT2D eigenvalue weighted by atomic mass is 9.98. The zero-order chi connectivity index (χ0) is 15.4. The molecule has 0 atom stereocenters. The normalized spacial score (nSPS) is 15.8. The van der Waals surface area contributed by atoms with Crippen molar-refractivity contribution in [1.29, 1.82) is 0 Å². The first-order valence-corrected chi connectivity index (χ1v) is 7.67. The summed E-state index contributed by atoms with van der Waals surface area (Å²) in [7, 11) is 0. The topological polar surface area (TPSA) is 64.0 Å². The summed E-state index contributed by atoms with van der Waals surface area (Å²) in [6.07, 6.45) is 7.15. The van der Waals surface area contributed by atoms with Crippen molar-refractivity contribution in [3.8, 4) is 5.88 Å². The van der Waals surface area contributed by atoms with Crippen LogP contribution in [0.2, 0.25) is 0 Å². The van der Waals surface area contributed by atoms with Crippen LogP contribution in [0.15, 0.2) is 24.7 Å². The molecule has 1 aliphatic rings. The van der Waals surface area contributed by atoms with E-state index in [9.17, 15) is 0 Å². The van der Waals surface area contributed by atoms with Gasteiger partial charge in [-0.05, 0) is 32.6 Å². The molecule has 22 heavy (non-hydrogen) atoms. The first kappa shape index (κ1) is 14.7. The van der Waals surface area contributed by atoms with E-state index < -0.39 is 0 Å². The standard InChI is InChI=1S/C16H21N5O/c1-12-9-15(20-13(2)19-12)21-7-3-14(4-8-21)11-22-16-10-17-5-6-18-16/h5-6,9-10,14H,3-4,7-8,11H2,1-2H3. The van der Waals surface area contributed by atoms with Gasteiger partial charge in [0, 0.05) is 37.2 Å². The highest BCUT2D eigenvalue weighted by atomic mass is 16.5. The molecule has 0 aromatic carbocycles. The maximum Gasteiger partial charge on any atom is 0.232 e. The lowest BCUT2D eigenvalue weighted by molar-refractivity contribution is 0.215. The summed E-state index contributed by atoms with van der Waals surface area (Å²) in [4.78, 5) is 19.4. The fraction of sp³-hybridized carbons (Fsp3) is 0.500. The van der Waals surface area contributed by atoms with Gasteiger partial charge in [-0.25, -0.2) is 15.0 Å². The van der Waals surface area contributed by atoms with Crippen molar-refractivity contribution >= 4 is 5.82 Å². The lowest BCUT2D eigenvalue weighted by Gasteiger charge is -2.32. The van der Waals surface area contributed by atoms with Crippen molar-refractivity contribution in [3.63, 3.8) is 0 Å². The van der Waals surface area contributed by atoms with Gasteiger partial charge in [-0.15, -0.1) is 0 Å². The lowest BCUT2D eigenvalue weighted by Crippen LogP contribution is -2.36. The Morgan fingerprint density at radius 3 is 2.68 bits per heavy atom. The molecule has 116 valence electrons. The van der Waals surface area contributed by atoms with Gasteiger partial charge in [0.25, 0.3) is 0 Å². The first-order valence-electron chi connectivity index (χ1n) is 7.67. The van der Waals surface area contributed by atoms with E-state index in [0.29, 0.717) is 18.4 Å². The number of nitrogens with zero attached hydrogens (tertiary/aromatic N) is 5. The SMILES string of the molecule is Cc1cc(N2CCC(COc3cnccn3)CC2)nc(C)n1. The zero-order valence-corrected chi connectivity index (χ0v) is 13.1. The minimum absolute atomic E-state index is 0.558. The molecule has 0 amide bonds. The second-order valence-electron chi connectivity index (χ2n) is 5.70. The summed E-state index contributed by atoms with van der Waals surface area (Å²) < 4.78 is 5.71. The molecule has 0 spiro atoms. The van der Waals surface area contributed by atoms with Crippen LogP contribution < -0.4 is 9.64 Å². The number of anilines is 1. The van der Waals surface area contributed by atoms with Gasteiger partial charge in [-0.3, -0.25) is 4.98 Å². The van der Waals surface area contributed by atoms with Gasteiger partial charge in [-0.1, -0.05) is 0 Å². The molecule has 6 nitrogen and oxygen atoms in total. The van der Waals surface area contributed by atoms with Gasteiger partial charge in [0.2, 0.25) is 5.88 Å². The molecule has 1 saturated heterocycles. The molecule has 1 fully saturated rings. The van der Waals surface area contributed by atoms with E-state index in [2.05, 4.69) is 30.9 Å². The van der Waals surface area contributed by atoms with Crippen LogP contribution in [0.25, 0.3) is 0 Å². The number of hydrogen-bond acceptors (Lipinski definition) is 6. The Balaban J connectivity index is 1.52. The maximum absolute atomic E-state index is 5.71. The maximum atomic E-state index is 5.71. The van der Waals surface area contributed by atoms with Crippen molar-refractivity contribution in [3.05, 3.63) is 36.2 Å². The molecule has 6 heteroatoms. The molecule has 1 aliphatic heterocycles. The second-order valence-corrected chi connectivity index (χ2v) is 5.70. The predicted octanol–water partition coefficient (Wildman–Crippen LogP) is 2.18. The number of rotatable bonds is 4. The first-order chi connectivity index (χ1) is 10.7. The number of aromatic nitrogens is 4. The molecule has 0 aliphatic carbocycles. The predicted molar refractivity (Wildman–Crippen MR) is 84.0 cm³/mol. The van der Waals surface area contributed by atoms with Gasteiger partial charge in [0.15, 0.2) is 0 Å². The Bertz CT molecular complexity index is 591. The third kappa shape index (κ3) is 3.69. The van der Waals surface area contributed by atoms with Crippen molar-refractivity contribution < 1.29 is 4.74 Å². The van der Waals surface area contributed by atoms with Gasteiger partial charge in [-0.2, -0.15) is 0 Å². The molecule has 3 heterocycles. The quantitative estimate of drug-likeness (QED) is 0.862. The highest BCUT2D eigenvalue weighted by Gasteiger charge is 2.21. The Morgan fingerprint density at radius 2 is 2.00 bits per heavy atom. The smallest absolute Gasteiger partial charge is 0.232 e. The van der Waals surface area contributed by atoms with Gasteiger partial charge < -0.3 is 9.64 Å². The molecular formula is C16H21N5O. The summed E-state index contributed by atoms with van der Waals surface area (Å²) in [5, 5.41) is 0. The molecule has 0 radical (unpaired) electrons. The van der Waals surface area contributed by atoms with Crippen molar-refractivity contribution in [2.75, 3.05) is 24.6 Å². The van der Waals surface area contributed by atoms with Crippen LogP contribution in [0, 0.1) is 19.8 Å². The Labute approximate surface area is 130 Å². The summed E-state index contributed by atoms with van der Waals surface area (Å²) in [5.41, 5.74) is 1.02. The molecule has 3 rings (SSSR count). The van der Waals surface area contributed by atoms with Crippen LogP contribution in [0.5, 0.6) is 5.88 Å². The van der Waals surface area contributed by atoms with Gasteiger partial charge in [0.1, 0.15) is 11.6 Å². The largest absolute Gasteiger partial charge is 0.476 e. The molecular weight excluding hydrogens is 278 g/mol. The molecule has 2 aromatic rings. The fourth-order valence-electron chi connectivity index (χ4n) is 2.75. The highest BCUT2D eigenvalue weighted by Crippen LogP contribution is 2.23. The minimum atomic E-state index is 0.558. The van der Waals surface area contributed by atoms with E-state index in [1.54, 1.807) is 18.6 Å². The van der Waals surface area contributed by atoms with Crippen LogP contribution in [0.3, 0.4) is 0 Å². The Kier molecular flexibility index (Phi) is 4.46. The van der Waals surface area contributed by atoms with Crippen LogP contribution >= 0.6 is 0 Å². The van der Waals surface area contributed by atoms with Gasteiger partial charge in [0.05, 0.1) is 12.8 Å². The Hall–Kier alpha value is -2.24. The van der Waals surface area contributed by atoms with Crippen molar-refractivity contribution in [1.82, 2.24) is 19.9 Å². The molecule has 0 saturated carbocycles.